The summed E-state index contributed by atoms with van der Waals surface area (Å²) in [6.07, 6.45) is 0. The normalized spacial score (nSPS) is 12.5. The van der Waals surface area contributed by atoms with Gasteiger partial charge in [0, 0.05) is 53.9 Å². The molecule has 0 saturated carbocycles. The molecule has 1 rings (SSSR count). The zero-order valence-electron chi connectivity index (χ0n) is 14.8. The third-order valence-corrected chi connectivity index (χ3v) is 9.21. The van der Waals surface area contributed by atoms with E-state index in [2.05, 4.69) is 0 Å². The summed E-state index contributed by atoms with van der Waals surface area (Å²) in [5.41, 5.74) is 0.917. The lowest BCUT2D eigenvalue weighted by molar-refractivity contribution is 0.122. The van der Waals surface area contributed by atoms with Crippen molar-refractivity contribution in [3.05, 3.63) is 23.8 Å². The molecule has 1 aromatic carbocycles. The van der Waals surface area contributed by atoms with Gasteiger partial charge in [-0.05, 0) is 17.7 Å². The molecule has 0 aliphatic rings. The maximum Gasteiger partial charge on any atom is 0.536 e. The van der Waals surface area contributed by atoms with E-state index >= 15 is 0 Å². The van der Waals surface area contributed by atoms with E-state index in [0.29, 0.717) is 11.8 Å². The van der Waals surface area contributed by atoms with Crippen LogP contribution in [0.4, 0.5) is 0 Å². The predicted octanol–water partition coefficient (Wildman–Crippen LogP) is 0.740. The van der Waals surface area contributed by atoms with Gasteiger partial charge in [0.1, 0.15) is 5.75 Å². The van der Waals surface area contributed by atoms with Gasteiger partial charge in [-0.2, -0.15) is 0 Å². The van der Waals surface area contributed by atoms with Crippen LogP contribution in [0.15, 0.2) is 18.2 Å². The van der Waals surface area contributed by atoms with Crippen molar-refractivity contribution in [2.75, 3.05) is 49.8 Å². The fraction of sp³-hybridized carbons (Fsp3) is 0.571. The van der Waals surface area contributed by atoms with Crippen molar-refractivity contribution in [2.45, 2.75) is 6.04 Å². The van der Waals surface area contributed by atoms with Gasteiger partial charge in [-0.1, -0.05) is 6.07 Å². The van der Waals surface area contributed by atoms with E-state index in [9.17, 15) is 0 Å². The molecule has 132 valence electrons. The Labute approximate surface area is 140 Å². The van der Waals surface area contributed by atoms with Crippen molar-refractivity contribution < 1.29 is 31.3 Å². The molecule has 0 heterocycles. The second kappa shape index (κ2) is 8.90. The molecule has 0 amide bonds. The summed E-state index contributed by atoms with van der Waals surface area (Å²) in [6, 6.07) is 6.10. The van der Waals surface area contributed by atoms with E-state index in [-0.39, 0.29) is 0 Å². The average molecular weight is 363 g/mol. The summed E-state index contributed by atoms with van der Waals surface area (Å²) in [4.78, 5) is 0. The van der Waals surface area contributed by atoms with Gasteiger partial charge in [0.05, 0.1) is 7.11 Å². The van der Waals surface area contributed by atoms with Crippen molar-refractivity contribution in [1.82, 2.24) is 0 Å². The molecular weight excluding hydrogens is 336 g/mol. The Morgan fingerprint density at radius 1 is 0.739 bits per heavy atom. The molecule has 0 unspecified atom stereocenters. The lowest BCUT2D eigenvalue weighted by atomic mass is 10.2. The Hall–Kier alpha value is -0.786. The van der Waals surface area contributed by atoms with Crippen LogP contribution in [0.2, 0.25) is 0 Å². The van der Waals surface area contributed by atoms with Crippen molar-refractivity contribution in [2.24, 2.45) is 0 Å². The molecule has 0 fully saturated rings. The largest absolute Gasteiger partial charge is 0.536 e. The number of hydrogen-bond acceptors (Lipinski definition) is 7. The third-order valence-electron chi connectivity index (χ3n) is 3.79. The van der Waals surface area contributed by atoms with E-state index in [1.54, 1.807) is 49.8 Å². The van der Waals surface area contributed by atoms with Crippen LogP contribution in [0.3, 0.4) is 0 Å². The summed E-state index contributed by atoms with van der Waals surface area (Å²) in [5, 5.41) is 0.798. The van der Waals surface area contributed by atoms with Gasteiger partial charge in [-0.25, -0.2) is 0 Å². The lowest BCUT2D eigenvalue weighted by Crippen LogP contribution is -2.57. The fourth-order valence-corrected chi connectivity index (χ4v) is 6.33. The highest BCUT2D eigenvalue weighted by atomic mass is 28.4. The van der Waals surface area contributed by atoms with Crippen LogP contribution >= 0.6 is 0 Å². The molecule has 0 atom stereocenters. The van der Waals surface area contributed by atoms with Gasteiger partial charge in [-0.15, -0.1) is 0 Å². The molecule has 0 spiro atoms. The van der Waals surface area contributed by atoms with Gasteiger partial charge < -0.3 is 31.3 Å². The highest BCUT2D eigenvalue weighted by Gasteiger charge is 2.46. The summed E-state index contributed by atoms with van der Waals surface area (Å²) >= 11 is 0. The van der Waals surface area contributed by atoms with Crippen LogP contribution in [-0.2, 0) is 32.6 Å². The Morgan fingerprint density at radius 2 is 1.26 bits per heavy atom. The zero-order chi connectivity index (χ0) is 17.5. The monoisotopic (exact) mass is 362 g/mol. The number of benzene rings is 1. The second-order valence-corrected chi connectivity index (χ2v) is 10.5. The molecule has 7 nitrogen and oxygen atoms in total. The number of methoxy groups -OCH3 is 1. The molecule has 9 heteroatoms. The first-order valence-electron chi connectivity index (χ1n) is 6.98. The zero-order valence-corrected chi connectivity index (χ0v) is 16.8. The molecule has 0 N–H and O–H groups in total. The molecule has 0 bridgehead atoms. The topological polar surface area (TPSA) is 64.6 Å². The molecule has 0 saturated heterocycles. The average Bonchev–Trinajstić information content (AvgIpc) is 2.62. The van der Waals surface area contributed by atoms with E-state index < -0.39 is 17.6 Å². The minimum absolute atomic E-state index is 0.459. The smallest absolute Gasteiger partial charge is 0.497 e. The van der Waals surface area contributed by atoms with Gasteiger partial charge in [-0.3, -0.25) is 0 Å². The summed E-state index contributed by atoms with van der Waals surface area (Å²) < 4.78 is 38.7. The number of rotatable bonds is 10. The molecule has 0 radical (unpaired) electrons. The summed E-state index contributed by atoms with van der Waals surface area (Å²) in [7, 11) is 5.17. The van der Waals surface area contributed by atoms with E-state index in [1.165, 1.54) is 0 Å². The maximum absolute atomic E-state index is 5.61. The van der Waals surface area contributed by atoms with Crippen molar-refractivity contribution >= 4 is 22.8 Å². The molecular formula is C14H26O7Si2. The van der Waals surface area contributed by atoms with Gasteiger partial charge in [0.25, 0.3) is 0 Å². The van der Waals surface area contributed by atoms with Gasteiger partial charge in [0.2, 0.25) is 0 Å². The molecule has 0 aliphatic heterocycles. The van der Waals surface area contributed by atoms with E-state index in [4.69, 9.17) is 31.3 Å². The summed E-state index contributed by atoms with van der Waals surface area (Å²) in [5.74, 6) is 0.686. The first-order valence-corrected chi connectivity index (χ1v) is 10.6. The lowest BCUT2D eigenvalue weighted by Gasteiger charge is -2.30. The first kappa shape index (κ1) is 20.3. The quantitative estimate of drug-likeness (QED) is 0.569. The summed E-state index contributed by atoms with van der Waals surface area (Å²) in [6.45, 7) is 0. The van der Waals surface area contributed by atoms with Crippen LogP contribution < -0.4 is 9.92 Å². The molecule has 1 aromatic rings. The standard InChI is InChI=1S/C14H26O7Si2/c1-15-13-9-8-12(11-22(16-2,17-3)18-4)14(10-13)23(19-5,20-6)21-7/h8-10H,11H2,1-7H3. The molecule has 23 heavy (non-hydrogen) atoms. The van der Waals surface area contributed by atoms with Crippen LogP contribution in [-0.4, -0.2) is 67.4 Å². The van der Waals surface area contributed by atoms with E-state index in [1.807, 2.05) is 18.2 Å². The van der Waals surface area contributed by atoms with Crippen LogP contribution in [0.25, 0.3) is 0 Å². The SMILES string of the molecule is COc1ccc(C[Si](OC)(OC)OC)c([Si](OC)(OC)OC)c1. The predicted molar refractivity (Wildman–Crippen MR) is 89.9 cm³/mol. The fourth-order valence-electron chi connectivity index (χ4n) is 2.40. The Bertz CT molecular complexity index is 473. The minimum atomic E-state index is -3.05. The van der Waals surface area contributed by atoms with Crippen LogP contribution in [0, 0.1) is 0 Å². The van der Waals surface area contributed by atoms with Gasteiger partial charge >= 0.3 is 17.6 Å². The Kier molecular flexibility index (Phi) is 7.84. The van der Waals surface area contributed by atoms with Crippen molar-refractivity contribution in [3.8, 4) is 5.75 Å². The minimum Gasteiger partial charge on any atom is -0.497 e. The molecule has 0 aliphatic carbocycles. The Morgan fingerprint density at radius 3 is 1.65 bits per heavy atom. The Balaban J connectivity index is 3.43. The number of hydrogen-bond donors (Lipinski definition) is 0. The molecule has 0 aromatic heterocycles. The third kappa shape index (κ3) is 4.19. The van der Waals surface area contributed by atoms with Crippen LogP contribution in [0.5, 0.6) is 5.75 Å². The van der Waals surface area contributed by atoms with Crippen LogP contribution in [0.1, 0.15) is 5.56 Å². The second-order valence-electron chi connectivity index (χ2n) is 4.66. The maximum atomic E-state index is 5.61. The van der Waals surface area contributed by atoms with Crippen molar-refractivity contribution in [3.63, 3.8) is 0 Å². The highest BCUT2D eigenvalue weighted by Crippen LogP contribution is 2.21. The van der Waals surface area contributed by atoms with E-state index in [0.717, 1.165) is 10.8 Å². The first-order chi connectivity index (χ1) is 11.0. The van der Waals surface area contributed by atoms with Gasteiger partial charge in [0.15, 0.2) is 0 Å². The highest BCUT2D eigenvalue weighted by molar-refractivity contribution is 6.76. The van der Waals surface area contributed by atoms with Crippen molar-refractivity contribution in [1.29, 1.82) is 0 Å². The number of ether oxygens (including phenoxy) is 1.